The highest BCUT2D eigenvalue weighted by Gasteiger charge is 2.36. The number of amides is 1. The van der Waals surface area contributed by atoms with Crippen molar-refractivity contribution in [2.75, 3.05) is 44.2 Å². The molecule has 2 fully saturated rings. The van der Waals surface area contributed by atoms with Gasteiger partial charge in [-0.3, -0.25) is 14.5 Å². The van der Waals surface area contributed by atoms with Crippen molar-refractivity contribution >= 4 is 11.6 Å². The summed E-state index contributed by atoms with van der Waals surface area (Å²) in [5, 5.41) is 6.08. The molecule has 136 valence electrons. The van der Waals surface area contributed by atoms with E-state index in [0.717, 1.165) is 31.9 Å². The van der Waals surface area contributed by atoms with Gasteiger partial charge in [0.15, 0.2) is 0 Å². The maximum Gasteiger partial charge on any atom is 0.274 e. The van der Waals surface area contributed by atoms with Gasteiger partial charge in [-0.2, -0.15) is 5.10 Å². The summed E-state index contributed by atoms with van der Waals surface area (Å²) in [5.41, 5.74) is 0.992. The fraction of sp³-hybridized carbons (Fsp3) is 0.389. The molecule has 0 atom stereocenters. The number of rotatable bonds is 3. The zero-order chi connectivity index (χ0) is 18.1. The average Bonchev–Trinajstić information content (AvgIpc) is 2.62. The second-order valence-electron chi connectivity index (χ2n) is 6.67. The molecule has 1 aromatic carbocycles. The Balaban J connectivity index is 1.28. The van der Waals surface area contributed by atoms with E-state index in [-0.39, 0.29) is 23.0 Å². The first kappa shape index (κ1) is 16.7. The van der Waals surface area contributed by atoms with E-state index in [2.05, 4.69) is 20.0 Å². The summed E-state index contributed by atoms with van der Waals surface area (Å²) in [5.74, 6) is -0.369. The first-order valence-electron chi connectivity index (χ1n) is 8.70. The molecular formula is C18H20FN5O2. The Morgan fingerprint density at radius 3 is 2.35 bits per heavy atom. The van der Waals surface area contributed by atoms with Crippen molar-refractivity contribution in [3.05, 3.63) is 58.3 Å². The Labute approximate surface area is 150 Å². The summed E-state index contributed by atoms with van der Waals surface area (Å²) < 4.78 is 13.0. The molecule has 8 heteroatoms. The quantitative estimate of drug-likeness (QED) is 0.869. The number of hydrogen-bond acceptors (Lipinski definition) is 5. The highest BCUT2D eigenvalue weighted by molar-refractivity contribution is 5.92. The van der Waals surface area contributed by atoms with Crippen LogP contribution in [0.25, 0.3) is 0 Å². The predicted octanol–water partition coefficient (Wildman–Crippen LogP) is 0.556. The molecule has 7 nitrogen and oxygen atoms in total. The van der Waals surface area contributed by atoms with E-state index in [1.165, 1.54) is 24.3 Å². The summed E-state index contributed by atoms with van der Waals surface area (Å²) in [7, 11) is 0. The number of nitrogens with one attached hydrogen (secondary N) is 1. The lowest BCUT2D eigenvalue weighted by Crippen LogP contribution is -2.64. The van der Waals surface area contributed by atoms with E-state index >= 15 is 0 Å². The van der Waals surface area contributed by atoms with Gasteiger partial charge in [-0.1, -0.05) is 0 Å². The molecule has 0 spiro atoms. The Bertz CT molecular complexity index is 819. The molecule has 1 N–H and O–H groups in total. The zero-order valence-corrected chi connectivity index (χ0v) is 14.3. The van der Waals surface area contributed by atoms with Gasteiger partial charge in [-0.25, -0.2) is 9.49 Å². The van der Waals surface area contributed by atoms with E-state index in [4.69, 9.17) is 0 Å². The van der Waals surface area contributed by atoms with E-state index in [9.17, 15) is 14.0 Å². The Morgan fingerprint density at radius 2 is 1.73 bits per heavy atom. The molecule has 2 aromatic rings. The highest BCUT2D eigenvalue weighted by atomic mass is 19.1. The molecule has 3 heterocycles. The van der Waals surface area contributed by atoms with Gasteiger partial charge in [-0.15, -0.1) is 0 Å². The molecular weight excluding hydrogens is 337 g/mol. The number of aromatic amines is 1. The van der Waals surface area contributed by atoms with Crippen LogP contribution in [-0.4, -0.2) is 71.2 Å². The Hall–Kier alpha value is -2.74. The number of piperazine rings is 1. The number of H-pyrrole nitrogens is 1. The zero-order valence-electron chi connectivity index (χ0n) is 14.3. The van der Waals surface area contributed by atoms with Gasteiger partial charge >= 0.3 is 0 Å². The minimum absolute atomic E-state index is 0.151. The summed E-state index contributed by atoms with van der Waals surface area (Å²) in [6, 6.07) is 9.72. The number of carbonyl (C=O) groups is 1. The molecule has 0 saturated carbocycles. The number of benzene rings is 1. The summed E-state index contributed by atoms with van der Waals surface area (Å²) in [6.45, 7) is 4.96. The average molecular weight is 357 g/mol. The summed E-state index contributed by atoms with van der Waals surface area (Å²) in [6.07, 6.45) is 0. The molecule has 0 unspecified atom stereocenters. The maximum absolute atomic E-state index is 13.0. The second-order valence-corrected chi connectivity index (χ2v) is 6.67. The molecule has 0 aliphatic carbocycles. The number of halogens is 1. The van der Waals surface area contributed by atoms with E-state index in [1.807, 2.05) is 12.1 Å². The first-order valence-corrected chi connectivity index (χ1v) is 8.70. The van der Waals surface area contributed by atoms with Gasteiger partial charge in [0.1, 0.15) is 11.5 Å². The maximum atomic E-state index is 13.0. The van der Waals surface area contributed by atoms with Gasteiger partial charge in [0, 0.05) is 57.1 Å². The van der Waals surface area contributed by atoms with Crippen molar-refractivity contribution in [1.29, 1.82) is 0 Å². The molecule has 2 aliphatic rings. The van der Waals surface area contributed by atoms with Crippen LogP contribution in [0.2, 0.25) is 0 Å². The van der Waals surface area contributed by atoms with Crippen LogP contribution >= 0.6 is 0 Å². The number of aromatic nitrogens is 2. The van der Waals surface area contributed by atoms with Crippen molar-refractivity contribution < 1.29 is 9.18 Å². The van der Waals surface area contributed by atoms with Gasteiger partial charge in [-0.05, 0) is 30.3 Å². The normalized spacial score (nSPS) is 18.7. The van der Waals surface area contributed by atoms with Gasteiger partial charge in [0.2, 0.25) is 0 Å². The van der Waals surface area contributed by atoms with Crippen LogP contribution in [-0.2, 0) is 0 Å². The second kappa shape index (κ2) is 6.87. The molecule has 0 bridgehead atoms. The van der Waals surface area contributed by atoms with Gasteiger partial charge in [0.05, 0.1) is 0 Å². The monoisotopic (exact) mass is 357 g/mol. The fourth-order valence-electron chi connectivity index (χ4n) is 3.47. The minimum atomic E-state index is -0.318. The van der Waals surface area contributed by atoms with Crippen LogP contribution < -0.4 is 10.5 Å². The fourth-order valence-corrected chi connectivity index (χ4v) is 3.47. The Morgan fingerprint density at radius 1 is 1.04 bits per heavy atom. The molecule has 1 aromatic heterocycles. The first-order chi connectivity index (χ1) is 12.6. The van der Waals surface area contributed by atoms with Crippen LogP contribution in [0, 0.1) is 5.82 Å². The van der Waals surface area contributed by atoms with Crippen LogP contribution in [0.5, 0.6) is 0 Å². The number of likely N-dealkylation sites (tertiary alicyclic amines) is 1. The third-order valence-electron chi connectivity index (χ3n) is 5.07. The third kappa shape index (κ3) is 3.32. The third-order valence-corrected chi connectivity index (χ3v) is 5.07. The van der Waals surface area contributed by atoms with E-state index in [0.29, 0.717) is 19.1 Å². The standard InChI is InChI=1S/C18H20FN5O2/c19-13-1-3-14(4-2-13)22-7-9-23(10-8-22)15-11-24(12-15)18(26)16-5-6-17(25)21-20-16/h1-6,15H,7-12H2,(H,21,25). The van der Waals surface area contributed by atoms with Gasteiger partial charge in [0.25, 0.3) is 11.5 Å². The number of hydrogen-bond donors (Lipinski definition) is 1. The van der Waals surface area contributed by atoms with Crippen molar-refractivity contribution in [2.24, 2.45) is 0 Å². The molecule has 0 radical (unpaired) electrons. The Kier molecular flexibility index (Phi) is 4.42. The van der Waals surface area contributed by atoms with Crippen LogP contribution in [0.1, 0.15) is 10.5 Å². The van der Waals surface area contributed by atoms with Gasteiger partial charge < -0.3 is 9.80 Å². The topological polar surface area (TPSA) is 72.5 Å². The largest absolute Gasteiger partial charge is 0.369 e. The molecule has 2 aliphatic heterocycles. The van der Waals surface area contributed by atoms with Crippen LogP contribution in [0.3, 0.4) is 0 Å². The number of nitrogens with zero attached hydrogens (tertiary/aromatic N) is 4. The van der Waals surface area contributed by atoms with Crippen molar-refractivity contribution in [2.45, 2.75) is 6.04 Å². The SMILES string of the molecule is O=C(c1ccc(=O)[nH]n1)N1CC(N2CCN(c3ccc(F)cc3)CC2)C1. The number of anilines is 1. The minimum Gasteiger partial charge on any atom is -0.369 e. The van der Waals surface area contributed by atoms with Crippen molar-refractivity contribution in [1.82, 2.24) is 20.0 Å². The van der Waals surface area contributed by atoms with E-state index < -0.39 is 0 Å². The lowest BCUT2D eigenvalue weighted by Gasteiger charge is -2.48. The highest BCUT2D eigenvalue weighted by Crippen LogP contribution is 2.21. The van der Waals surface area contributed by atoms with Crippen molar-refractivity contribution in [3.63, 3.8) is 0 Å². The van der Waals surface area contributed by atoms with Crippen LogP contribution in [0.15, 0.2) is 41.2 Å². The molecule has 4 rings (SSSR count). The molecule has 2 saturated heterocycles. The molecule has 1 amide bonds. The van der Waals surface area contributed by atoms with Crippen molar-refractivity contribution in [3.8, 4) is 0 Å². The summed E-state index contributed by atoms with van der Waals surface area (Å²) in [4.78, 5) is 29.7. The van der Waals surface area contributed by atoms with Crippen LogP contribution in [0.4, 0.5) is 10.1 Å². The predicted molar refractivity (Wildman–Crippen MR) is 94.7 cm³/mol. The smallest absolute Gasteiger partial charge is 0.274 e. The lowest BCUT2D eigenvalue weighted by molar-refractivity contribution is 0.0241. The number of carbonyl (C=O) groups excluding carboxylic acids is 1. The lowest BCUT2D eigenvalue weighted by atomic mass is 10.0. The summed E-state index contributed by atoms with van der Waals surface area (Å²) >= 11 is 0. The van der Waals surface area contributed by atoms with E-state index in [1.54, 1.807) is 4.90 Å². The molecule has 26 heavy (non-hydrogen) atoms.